The van der Waals surface area contributed by atoms with Crippen molar-refractivity contribution in [1.82, 2.24) is 10.4 Å². The lowest BCUT2D eigenvalue weighted by atomic mass is 10.1. The molecular weight excluding hydrogens is 234 g/mol. The Morgan fingerprint density at radius 3 is 2.82 bits per heavy atom. The fourth-order valence-corrected chi connectivity index (χ4v) is 2.69. The summed E-state index contributed by atoms with van der Waals surface area (Å²) < 4.78 is 5.30. The number of hydrogen-bond donors (Lipinski definition) is 2. The molecule has 2 aromatic heterocycles. The second-order valence-corrected chi connectivity index (χ2v) is 4.99. The molecule has 2 aromatic rings. The minimum Gasteiger partial charge on any atom is -0.495 e. The van der Waals surface area contributed by atoms with Gasteiger partial charge in [-0.05, 0) is 25.1 Å². The first-order valence-electron chi connectivity index (χ1n) is 5.26. The Kier molecular flexibility index (Phi) is 3.73. The largest absolute Gasteiger partial charge is 0.495 e. The molecule has 2 rings (SSSR count). The fraction of sp³-hybridized carbons (Fsp3) is 0.250. The molecule has 0 aliphatic carbocycles. The molecule has 90 valence electrons. The van der Waals surface area contributed by atoms with Crippen molar-refractivity contribution in [2.24, 2.45) is 5.84 Å². The van der Waals surface area contributed by atoms with Crippen molar-refractivity contribution in [3.8, 4) is 5.75 Å². The molecule has 5 heteroatoms. The first-order valence-corrected chi connectivity index (χ1v) is 6.08. The van der Waals surface area contributed by atoms with Crippen LogP contribution in [0.5, 0.6) is 5.75 Å². The predicted molar refractivity (Wildman–Crippen MR) is 69.0 cm³/mol. The maximum absolute atomic E-state index is 5.65. The maximum Gasteiger partial charge on any atom is 0.142 e. The van der Waals surface area contributed by atoms with Crippen LogP contribution in [0.15, 0.2) is 30.6 Å². The van der Waals surface area contributed by atoms with Gasteiger partial charge in [0, 0.05) is 21.5 Å². The number of ether oxygens (including phenoxy) is 1. The van der Waals surface area contributed by atoms with Crippen molar-refractivity contribution in [2.45, 2.75) is 13.0 Å². The quantitative estimate of drug-likeness (QED) is 0.643. The number of methoxy groups -OCH3 is 1. The van der Waals surface area contributed by atoms with E-state index in [1.54, 1.807) is 30.8 Å². The molecule has 3 N–H and O–H groups in total. The normalized spacial score (nSPS) is 12.4. The van der Waals surface area contributed by atoms with Gasteiger partial charge in [-0.15, -0.1) is 11.3 Å². The number of nitrogens with zero attached hydrogens (tertiary/aromatic N) is 1. The van der Waals surface area contributed by atoms with Crippen molar-refractivity contribution < 1.29 is 4.74 Å². The molecule has 0 spiro atoms. The molecular formula is C12H15N3OS. The van der Waals surface area contributed by atoms with Crippen molar-refractivity contribution in [1.29, 1.82) is 0 Å². The van der Waals surface area contributed by atoms with Crippen LogP contribution in [0.4, 0.5) is 0 Å². The third-order valence-corrected chi connectivity index (χ3v) is 3.63. The second kappa shape index (κ2) is 5.27. The fourth-order valence-electron chi connectivity index (χ4n) is 1.73. The topological polar surface area (TPSA) is 60.2 Å². The van der Waals surface area contributed by atoms with Crippen molar-refractivity contribution in [3.63, 3.8) is 0 Å². The van der Waals surface area contributed by atoms with Crippen LogP contribution in [0.1, 0.15) is 21.4 Å². The zero-order valence-corrected chi connectivity index (χ0v) is 10.6. The van der Waals surface area contributed by atoms with E-state index in [-0.39, 0.29) is 6.04 Å². The number of nitrogens with one attached hydrogen (secondary N) is 1. The van der Waals surface area contributed by atoms with Gasteiger partial charge in [-0.2, -0.15) is 0 Å². The monoisotopic (exact) mass is 249 g/mol. The molecule has 0 aromatic carbocycles. The molecule has 0 radical (unpaired) electrons. The zero-order valence-electron chi connectivity index (χ0n) is 9.81. The molecule has 1 unspecified atom stereocenters. The molecule has 2 heterocycles. The number of thiophene rings is 1. The second-order valence-electron chi connectivity index (χ2n) is 3.67. The highest BCUT2D eigenvalue weighted by molar-refractivity contribution is 7.12. The average Bonchev–Trinajstić information content (AvgIpc) is 2.77. The Morgan fingerprint density at radius 2 is 2.24 bits per heavy atom. The van der Waals surface area contributed by atoms with Gasteiger partial charge in [0.2, 0.25) is 0 Å². The van der Waals surface area contributed by atoms with Gasteiger partial charge in [0.1, 0.15) is 5.75 Å². The molecule has 0 aliphatic heterocycles. The number of pyridine rings is 1. The van der Waals surface area contributed by atoms with Gasteiger partial charge in [-0.1, -0.05) is 0 Å². The van der Waals surface area contributed by atoms with Crippen LogP contribution in [0.3, 0.4) is 0 Å². The molecule has 0 amide bonds. The van der Waals surface area contributed by atoms with Crippen LogP contribution in [0.25, 0.3) is 0 Å². The maximum atomic E-state index is 5.65. The van der Waals surface area contributed by atoms with Crippen molar-refractivity contribution in [3.05, 3.63) is 45.9 Å². The Hall–Kier alpha value is -1.43. The highest BCUT2D eigenvalue weighted by atomic mass is 32.1. The van der Waals surface area contributed by atoms with Gasteiger partial charge in [-0.25, -0.2) is 5.43 Å². The lowest BCUT2D eigenvalue weighted by molar-refractivity contribution is 0.402. The Morgan fingerprint density at radius 1 is 1.41 bits per heavy atom. The number of nitrogens with two attached hydrogens (primary N) is 1. The van der Waals surface area contributed by atoms with Gasteiger partial charge < -0.3 is 4.74 Å². The summed E-state index contributed by atoms with van der Waals surface area (Å²) in [5.41, 5.74) is 3.82. The van der Waals surface area contributed by atoms with Crippen molar-refractivity contribution in [2.75, 3.05) is 7.11 Å². The number of hydrazine groups is 1. The minimum absolute atomic E-state index is 0.0633. The summed E-state index contributed by atoms with van der Waals surface area (Å²) in [6.45, 7) is 2.07. The van der Waals surface area contributed by atoms with Gasteiger partial charge >= 0.3 is 0 Å². The smallest absolute Gasteiger partial charge is 0.142 e. The Balaban J connectivity index is 2.41. The highest BCUT2D eigenvalue weighted by Crippen LogP contribution is 2.32. The van der Waals surface area contributed by atoms with Crippen LogP contribution in [-0.2, 0) is 0 Å². The third kappa shape index (κ3) is 2.46. The summed E-state index contributed by atoms with van der Waals surface area (Å²) in [5.74, 6) is 6.39. The van der Waals surface area contributed by atoms with E-state index in [0.717, 1.165) is 16.2 Å². The number of aryl methyl sites for hydroxylation is 1. The lowest BCUT2D eigenvalue weighted by Gasteiger charge is -2.17. The van der Waals surface area contributed by atoms with Crippen molar-refractivity contribution >= 4 is 11.3 Å². The lowest BCUT2D eigenvalue weighted by Crippen LogP contribution is -2.28. The Labute approximate surface area is 104 Å². The molecule has 0 aliphatic rings. The van der Waals surface area contributed by atoms with E-state index in [1.165, 1.54) is 4.88 Å². The number of rotatable bonds is 4. The minimum atomic E-state index is -0.0633. The molecule has 0 fully saturated rings. The van der Waals surface area contributed by atoms with Crippen LogP contribution >= 0.6 is 11.3 Å². The van der Waals surface area contributed by atoms with E-state index in [0.29, 0.717) is 0 Å². The van der Waals surface area contributed by atoms with E-state index in [4.69, 9.17) is 10.6 Å². The summed E-state index contributed by atoms with van der Waals surface area (Å²) in [6, 6.07) is 6.01. The van der Waals surface area contributed by atoms with E-state index in [9.17, 15) is 0 Å². The van der Waals surface area contributed by atoms with E-state index >= 15 is 0 Å². The summed E-state index contributed by atoms with van der Waals surface area (Å²) in [6.07, 6.45) is 3.43. The SMILES string of the molecule is COc1cnccc1C(NN)c1ccc(C)s1. The summed E-state index contributed by atoms with van der Waals surface area (Å²) in [4.78, 5) is 6.46. The standard InChI is InChI=1S/C12H15N3OS/c1-8-3-4-11(17-8)12(15-13)9-5-6-14-7-10(9)16-2/h3-7,12,15H,13H2,1-2H3. The van der Waals surface area contributed by atoms with Crippen LogP contribution < -0.4 is 16.0 Å². The number of aromatic nitrogens is 1. The molecule has 0 saturated heterocycles. The Bertz CT molecular complexity index is 498. The van der Waals surface area contributed by atoms with Gasteiger partial charge in [-0.3, -0.25) is 10.8 Å². The average molecular weight is 249 g/mol. The summed E-state index contributed by atoms with van der Waals surface area (Å²) in [7, 11) is 1.63. The van der Waals surface area contributed by atoms with Gasteiger partial charge in [0.25, 0.3) is 0 Å². The number of hydrogen-bond acceptors (Lipinski definition) is 5. The van der Waals surface area contributed by atoms with Gasteiger partial charge in [0.05, 0.1) is 19.3 Å². The first kappa shape index (κ1) is 12.0. The first-order chi connectivity index (χ1) is 8.26. The molecule has 1 atom stereocenters. The van der Waals surface area contributed by atoms with E-state index < -0.39 is 0 Å². The van der Waals surface area contributed by atoms with Crippen LogP contribution in [-0.4, -0.2) is 12.1 Å². The van der Waals surface area contributed by atoms with E-state index in [2.05, 4.69) is 29.5 Å². The molecule has 0 bridgehead atoms. The molecule has 0 saturated carbocycles. The summed E-state index contributed by atoms with van der Waals surface area (Å²) >= 11 is 1.72. The molecule has 4 nitrogen and oxygen atoms in total. The molecule has 17 heavy (non-hydrogen) atoms. The third-order valence-electron chi connectivity index (χ3n) is 2.56. The summed E-state index contributed by atoms with van der Waals surface area (Å²) in [5, 5.41) is 0. The zero-order chi connectivity index (χ0) is 12.3. The predicted octanol–water partition coefficient (Wildman–Crippen LogP) is 2.01. The van der Waals surface area contributed by atoms with Crippen LogP contribution in [0.2, 0.25) is 0 Å². The van der Waals surface area contributed by atoms with Gasteiger partial charge in [0.15, 0.2) is 0 Å². The van der Waals surface area contributed by atoms with Crippen LogP contribution in [0, 0.1) is 6.92 Å². The highest BCUT2D eigenvalue weighted by Gasteiger charge is 2.18. The van der Waals surface area contributed by atoms with E-state index in [1.807, 2.05) is 6.07 Å².